The van der Waals surface area contributed by atoms with Gasteiger partial charge in [0.05, 0.1) is 0 Å². The number of rotatable bonds is 2. The first-order valence-electron chi connectivity index (χ1n) is 5.37. The molecule has 3 heteroatoms. The topological polar surface area (TPSA) is 26.0 Å². The third-order valence-corrected chi connectivity index (χ3v) is 2.76. The van der Waals surface area contributed by atoms with E-state index in [0.29, 0.717) is 12.1 Å². The minimum absolute atomic E-state index is 0.471. The predicted molar refractivity (Wildman–Crippen MR) is 64.4 cm³/mol. The van der Waals surface area contributed by atoms with E-state index in [-0.39, 0.29) is 0 Å². The molecule has 0 aliphatic rings. The molecule has 0 saturated carbocycles. The number of halogens is 2. The largest absolute Gasteiger partial charge is 0.326 e. The lowest BCUT2D eigenvalue weighted by atomic mass is 9.98. The third kappa shape index (κ3) is 2.34. The molecule has 0 unspecified atom stereocenters. The summed E-state index contributed by atoms with van der Waals surface area (Å²) in [6.45, 7) is 2.40. The molecular formula is C14H13F2N. The molecule has 0 radical (unpaired) electrons. The molecule has 0 heterocycles. The molecule has 2 aromatic carbocycles. The Balaban J connectivity index is 2.49. The normalized spacial score (nSPS) is 10.6. The van der Waals surface area contributed by atoms with Crippen molar-refractivity contribution in [1.82, 2.24) is 0 Å². The summed E-state index contributed by atoms with van der Waals surface area (Å²) in [6, 6.07) is 9.65. The van der Waals surface area contributed by atoms with Crippen LogP contribution in [-0.2, 0) is 6.54 Å². The van der Waals surface area contributed by atoms with Gasteiger partial charge in [-0.25, -0.2) is 8.78 Å². The summed E-state index contributed by atoms with van der Waals surface area (Å²) in [5.74, 6) is -1.66. The van der Waals surface area contributed by atoms with E-state index in [2.05, 4.69) is 0 Å². The molecule has 0 fully saturated rings. The summed E-state index contributed by atoms with van der Waals surface area (Å²) in [5.41, 5.74) is 9.12. The van der Waals surface area contributed by atoms with E-state index in [1.165, 1.54) is 6.07 Å². The summed E-state index contributed by atoms with van der Waals surface area (Å²) in [5, 5.41) is 0. The molecule has 0 atom stereocenters. The third-order valence-electron chi connectivity index (χ3n) is 2.76. The molecular weight excluding hydrogens is 220 g/mol. The van der Waals surface area contributed by atoms with Crippen LogP contribution in [0.25, 0.3) is 11.1 Å². The van der Waals surface area contributed by atoms with Gasteiger partial charge in [0.25, 0.3) is 0 Å². The maximum Gasteiger partial charge on any atom is 0.159 e. The molecule has 1 nitrogen and oxygen atoms in total. The Labute approximate surface area is 98.9 Å². The lowest BCUT2D eigenvalue weighted by Gasteiger charge is -2.08. The summed E-state index contributed by atoms with van der Waals surface area (Å²) >= 11 is 0. The van der Waals surface area contributed by atoms with Crippen molar-refractivity contribution < 1.29 is 8.78 Å². The van der Waals surface area contributed by atoms with Crippen molar-refractivity contribution in [3.63, 3.8) is 0 Å². The van der Waals surface area contributed by atoms with Gasteiger partial charge in [0, 0.05) is 6.54 Å². The molecule has 0 saturated heterocycles. The molecule has 2 rings (SSSR count). The minimum Gasteiger partial charge on any atom is -0.326 e. The number of hydrogen-bond donors (Lipinski definition) is 1. The fourth-order valence-electron chi connectivity index (χ4n) is 1.84. The summed E-state index contributed by atoms with van der Waals surface area (Å²) in [7, 11) is 0. The van der Waals surface area contributed by atoms with Gasteiger partial charge in [-0.1, -0.05) is 24.3 Å². The number of nitrogens with two attached hydrogens (primary N) is 1. The van der Waals surface area contributed by atoms with Crippen molar-refractivity contribution in [3.8, 4) is 11.1 Å². The van der Waals surface area contributed by atoms with E-state index in [0.717, 1.165) is 22.8 Å². The zero-order valence-corrected chi connectivity index (χ0v) is 9.50. The molecule has 0 aromatic heterocycles. The minimum atomic E-state index is -0.829. The van der Waals surface area contributed by atoms with E-state index in [1.807, 2.05) is 25.1 Å². The van der Waals surface area contributed by atoms with Crippen LogP contribution in [0.1, 0.15) is 11.1 Å². The maximum atomic E-state index is 13.1. The number of benzene rings is 2. The van der Waals surface area contributed by atoms with Gasteiger partial charge in [0.1, 0.15) is 0 Å². The fourth-order valence-corrected chi connectivity index (χ4v) is 1.84. The number of hydrogen-bond acceptors (Lipinski definition) is 1. The second kappa shape index (κ2) is 4.63. The van der Waals surface area contributed by atoms with Crippen LogP contribution in [0.4, 0.5) is 8.78 Å². The fraction of sp³-hybridized carbons (Fsp3) is 0.143. The van der Waals surface area contributed by atoms with Crippen molar-refractivity contribution in [2.24, 2.45) is 5.73 Å². The SMILES string of the molecule is Cc1cc(CN)ccc1-c1ccc(F)c(F)c1. The van der Waals surface area contributed by atoms with E-state index in [1.54, 1.807) is 6.07 Å². The van der Waals surface area contributed by atoms with Crippen molar-refractivity contribution >= 4 is 0 Å². The van der Waals surface area contributed by atoms with Crippen LogP contribution in [-0.4, -0.2) is 0 Å². The molecule has 0 spiro atoms. The molecule has 0 bridgehead atoms. The molecule has 0 amide bonds. The average Bonchev–Trinajstić information content (AvgIpc) is 2.32. The van der Waals surface area contributed by atoms with E-state index < -0.39 is 11.6 Å². The highest BCUT2D eigenvalue weighted by molar-refractivity contribution is 5.67. The summed E-state index contributed by atoms with van der Waals surface area (Å²) < 4.78 is 26.0. The van der Waals surface area contributed by atoms with Crippen molar-refractivity contribution in [2.75, 3.05) is 0 Å². The van der Waals surface area contributed by atoms with Gasteiger partial charge in [0.2, 0.25) is 0 Å². The smallest absolute Gasteiger partial charge is 0.159 e. The molecule has 0 aliphatic carbocycles. The van der Waals surface area contributed by atoms with Gasteiger partial charge in [-0.2, -0.15) is 0 Å². The predicted octanol–water partition coefficient (Wildman–Crippen LogP) is 3.40. The quantitative estimate of drug-likeness (QED) is 0.845. The van der Waals surface area contributed by atoms with Crippen molar-refractivity contribution in [3.05, 3.63) is 59.2 Å². The molecule has 2 aromatic rings. The molecule has 0 aliphatic heterocycles. The Morgan fingerprint density at radius 1 is 1.00 bits per heavy atom. The first kappa shape index (κ1) is 11.7. The molecule has 17 heavy (non-hydrogen) atoms. The van der Waals surface area contributed by atoms with Crippen molar-refractivity contribution in [1.29, 1.82) is 0 Å². The van der Waals surface area contributed by atoms with Crippen LogP contribution in [0.2, 0.25) is 0 Å². The Kier molecular flexibility index (Phi) is 3.20. The Morgan fingerprint density at radius 2 is 1.76 bits per heavy atom. The summed E-state index contributed by atoms with van der Waals surface area (Å²) in [6.07, 6.45) is 0. The highest BCUT2D eigenvalue weighted by Gasteiger charge is 2.06. The van der Waals surface area contributed by atoms with Gasteiger partial charge in [0.15, 0.2) is 11.6 Å². The van der Waals surface area contributed by atoms with Gasteiger partial charge in [-0.3, -0.25) is 0 Å². The van der Waals surface area contributed by atoms with Crippen LogP contribution < -0.4 is 5.73 Å². The zero-order valence-electron chi connectivity index (χ0n) is 9.50. The van der Waals surface area contributed by atoms with E-state index in [4.69, 9.17) is 5.73 Å². The Morgan fingerprint density at radius 3 is 2.35 bits per heavy atom. The van der Waals surface area contributed by atoms with Gasteiger partial charge in [-0.05, 0) is 41.3 Å². The standard InChI is InChI=1S/C14H13F2N/c1-9-6-10(8-17)2-4-12(9)11-3-5-13(15)14(16)7-11/h2-7H,8,17H2,1H3. The molecule has 2 N–H and O–H groups in total. The van der Waals surface area contributed by atoms with E-state index >= 15 is 0 Å². The summed E-state index contributed by atoms with van der Waals surface area (Å²) in [4.78, 5) is 0. The monoisotopic (exact) mass is 233 g/mol. The lowest BCUT2D eigenvalue weighted by molar-refractivity contribution is 0.509. The average molecular weight is 233 g/mol. The highest BCUT2D eigenvalue weighted by atomic mass is 19.2. The van der Waals surface area contributed by atoms with Crippen LogP contribution in [0.5, 0.6) is 0 Å². The van der Waals surface area contributed by atoms with E-state index in [9.17, 15) is 8.78 Å². The Hall–Kier alpha value is -1.74. The Bertz CT molecular complexity index is 550. The maximum absolute atomic E-state index is 13.1. The highest BCUT2D eigenvalue weighted by Crippen LogP contribution is 2.25. The lowest BCUT2D eigenvalue weighted by Crippen LogP contribution is -1.97. The van der Waals surface area contributed by atoms with Crippen LogP contribution >= 0.6 is 0 Å². The first-order valence-corrected chi connectivity index (χ1v) is 5.37. The second-order valence-corrected chi connectivity index (χ2v) is 3.98. The zero-order chi connectivity index (χ0) is 12.4. The first-order chi connectivity index (χ1) is 8.11. The van der Waals surface area contributed by atoms with Gasteiger partial charge in [-0.15, -0.1) is 0 Å². The van der Waals surface area contributed by atoms with Crippen molar-refractivity contribution in [2.45, 2.75) is 13.5 Å². The molecule has 88 valence electrons. The van der Waals surface area contributed by atoms with Gasteiger partial charge < -0.3 is 5.73 Å². The second-order valence-electron chi connectivity index (χ2n) is 3.98. The number of aryl methyl sites for hydroxylation is 1. The van der Waals surface area contributed by atoms with Gasteiger partial charge >= 0.3 is 0 Å². The van der Waals surface area contributed by atoms with Crippen LogP contribution in [0.15, 0.2) is 36.4 Å². The van der Waals surface area contributed by atoms with Crippen LogP contribution in [0.3, 0.4) is 0 Å². The van der Waals surface area contributed by atoms with Crippen LogP contribution in [0, 0.1) is 18.6 Å².